The molecule has 12 nitrogen and oxygen atoms in total. The molecular weight excluding hydrogens is 723 g/mol. The fourth-order valence-electron chi connectivity index (χ4n) is 6.66. The topological polar surface area (TPSA) is 125 Å². The first-order valence-corrected chi connectivity index (χ1v) is 20.7. The molecule has 2 aliphatic rings. The summed E-state index contributed by atoms with van der Waals surface area (Å²) < 4.78 is 20.0. The molecule has 0 spiro atoms. The number of ether oxygens (including phenoxy) is 1. The second-order valence-electron chi connectivity index (χ2n) is 12.9. The maximum Gasteiger partial charge on any atom is 0.239 e. The van der Waals surface area contributed by atoms with Gasteiger partial charge in [-0.1, -0.05) is 0 Å². The zero-order valence-corrected chi connectivity index (χ0v) is 31.4. The standard InChI is InChI=1S/C34H40BrN10O2PS/c1-43-14-16-44(17-15-43)23-7-12-45(13-8-23)32-24(22-9-18-49-21-22)19-28(33(42-32)47-2)40-34-38-20-25(35)31(41-34)39-27-6-5-26-29(37-11-10-36-26)30(27)48(3,4)46/h5-6,9-11,18-21,23H,7-8,12-17H2,1-4H3,(H2,38,39,40,41). The monoisotopic (exact) mass is 762 g/mol. The van der Waals surface area contributed by atoms with E-state index in [1.165, 1.54) is 0 Å². The van der Waals surface area contributed by atoms with Crippen LogP contribution in [-0.2, 0) is 4.57 Å². The van der Waals surface area contributed by atoms with Crippen molar-refractivity contribution in [3.63, 3.8) is 0 Å². The van der Waals surface area contributed by atoms with Gasteiger partial charge in [-0.3, -0.25) is 14.9 Å². The van der Waals surface area contributed by atoms with E-state index in [0.29, 0.717) is 55.9 Å². The van der Waals surface area contributed by atoms with Crippen molar-refractivity contribution in [3.05, 3.63) is 58.1 Å². The number of piperidine rings is 1. The number of fused-ring (bicyclic) bond motifs is 1. The summed E-state index contributed by atoms with van der Waals surface area (Å²) in [6.45, 7) is 9.88. The van der Waals surface area contributed by atoms with Crippen LogP contribution in [0.5, 0.6) is 5.88 Å². The van der Waals surface area contributed by atoms with Crippen molar-refractivity contribution in [2.45, 2.75) is 18.9 Å². The summed E-state index contributed by atoms with van der Waals surface area (Å²) in [5, 5.41) is 11.6. The number of anilines is 5. The van der Waals surface area contributed by atoms with E-state index in [2.05, 4.69) is 86.2 Å². The van der Waals surface area contributed by atoms with Gasteiger partial charge in [0.2, 0.25) is 11.8 Å². The molecule has 15 heteroatoms. The molecule has 0 saturated carbocycles. The highest BCUT2D eigenvalue weighted by Crippen LogP contribution is 2.42. The number of aromatic nitrogens is 5. The lowest BCUT2D eigenvalue weighted by Crippen LogP contribution is -2.52. The summed E-state index contributed by atoms with van der Waals surface area (Å²) in [7, 11) is 1.08. The highest BCUT2D eigenvalue weighted by molar-refractivity contribution is 9.10. The lowest BCUT2D eigenvalue weighted by atomic mass is 10.0. The number of benzene rings is 1. The maximum atomic E-state index is 13.5. The number of piperazine rings is 1. The molecule has 0 bridgehead atoms. The number of halogens is 1. The Kier molecular flexibility index (Phi) is 9.85. The molecule has 2 N–H and O–H groups in total. The fourth-order valence-corrected chi connectivity index (χ4v) is 9.00. The highest BCUT2D eigenvalue weighted by atomic mass is 79.9. The van der Waals surface area contributed by atoms with Crippen LogP contribution in [0.2, 0.25) is 0 Å². The van der Waals surface area contributed by atoms with Crippen molar-refractivity contribution in [1.82, 2.24) is 34.7 Å². The molecular formula is C34H40BrN10O2PS. The van der Waals surface area contributed by atoms with Crippen LogP contribution in [0.3, 0.4) is 0 Å². The van der Waals surface area contributed by atoms with Crippen molar-refractivity contribution < 1.29 is 9.30 Å². The number of nitrogens with zero attached hydrogens (tertiary/aromatic N) is 8. The quantitative estimate of drug-likeness (QED) is 0.165. The molecule has 0 atom stereocenters. The van der Waals surface area contributed by atoms with Crippen molar-refractivity contribution in [1.29, 1.82) is 0 Å². The summed E-state index contributed by atoms with van der Waals surface area (Å²) in [5.74, 6) is 2.23. The van der Waals surface area contributed by atoms with Crippen molar-refractivity contribution in [3.8, 4) is 17.0 Å². The molecule has 0 radical (unpaired) electrons. The number of methoxy groups -OCH3 is 1. The molecule has 0 aliphatic carbocycles. The summed E-state index contributed by atoms with van der Waals surface area (Å²) >= 11 is 5.25. The zero-order chi connectivity index (χ0) is 34.1. The van der Waals surface area contributed by atoms with Crippen LogP contribution < -0.4 is 25.6 Å². The van der Waals surface area contributed by atoms with E-state index >= 15 is 0 Å². The van der Waals surface area contributed by atoms with Gasteiger partial charge in [-0.05, 0) is 89.7 Å². The number of likely N-dealkylation sites (N-methyl/N-ethyl adjacent to an activating group) is 1. The summed E-state index contributed by atoms with van der Waals surface area (Å²) in [5.41, 5.74) is 4.72. The minimum atomic E-state index is -2.76. The molecule has 6 heterocycles. The first-order chi connectivity index (χ1) is 23.7. The van der Waals surface area contributed by atoms with Gasteiger partial charge in [-0.15, -0.1) is 0 Å². The summed E-state index contributed by atoms with van der Waals surface area (Å²) in [6, 6.07) is 8.54. The maximum absolute atomic E-state index is 13.5. The van der Waals surface area contributed by atoms with Crippen molar-refractivity contribution in [2.24, 2.45) is 0 Å². The molecule has 0 amide bonds. The van der Waals surface area contributed by atoms with Crippen LogP contribution in [0.4, 0.5) is 29.0 Å². The van der Waals surface area contributed by atoms with Crippen LogP contribution in [0, 0.1) is 0 Å². The number of hydrogen-bond donors (Lipinski definition) is 2. The van der Waals surface area contributed by atoms with Gasteiger partial charge in [0.1, 0.15) is 30.0 Å². The normalized spacial score (nSPS) is 16.6. The van der Waals surface area contributed by atoms with Crippen LogP contribution in [0.15, 0.2) is 58.1 Å². The lowest BCUT2D eigenvalue weighted by molar-refractivity contribution is 0.0981. The summed E-state index contributed by atoms with van der Waals surface area (Å²) in [4.78, 5) is 30.8. The second kappa shape index (κ2) is 14.3. The molecule has 2 aliphatic heterocycles. The van der Waals surface area contributed by atoms with Crippen LogP contribution in [0.1, 0.15) is 12.8 Å². The van der Waals surface area contributed by atoms with Crippen LogP contribution in [0.25, 0.3) is 22.2 Å². The van der Waals surface area contributed by atoms with E-state index in [-0.39, 0.29) is 0 Å². The van der Waals surface area contributed by atoms with E-state index in [1.54, 1.807) is 50.4 Å². The SMILES string of the molecule is COc1nc(N2CCC(N3CCN(C)CC3)CC2)c(-c2ccsc2)cc1Nc1ncc(Br)c(Nc2ccc3nccnc3c2P(C)(C)=O)n1. The van der Waals surface area contributed by atoms with Gasteiger partial charge in [0.25, 0.3) is 0 Å². The first-order valence-electron chi connectivity index (χ1n) is 16.3. The molecule has 2 fully saturated rings. The number of pyridine rings is 1. The Balaban J connectivity index is 1.17. The van der Waals surface area contributed by atoms with E-state index in [4.69, 9.17) is 14.7 Å². The molecule has 0 unspecified atom stereocenters. The third-order valence-corrected chi connectivity index (χ3v) is 12.0. The molecule has 256 valence electrons. The van der Waals surface area contributed by atoms with Gasteiger partial charge in [0, 0.05) is 69.5 Å². The van der Waals surface area contributed by atoms with E-state index in [1.807, 2.05) is 12.1 Å². The predicted molar refractivity (Wildman–Crippen MR) is 203 cm³/mol. The minimum absolute atomic E-state index is 0.348. The molecule has 1 aromatic carbocycles. The highest BCUT2D eigenvalue weighted by Gasteiger charge is 2.29. The molecule has 4 aromatic heterocycles. The Morgan fingerprint density at radius 1 is 0.959 bits per heavy atom. The second-order valence-corrected chi connectivity index (χ2v) is 17.6. The predicted octanol–water partition coefficient (Wildman–Crippen LogP) is 6.27. The van der Waals surface area contributed by atoms with Gasteiger partial charge >= 0.3 is 0 Å². The lowest BCUT2D eigenvalue weighted by Gasteiger charge is -2.42. The Bertz CT molecular complexity index is 1990. The summed E-state index contributed by atoms with van der Waals surface area (Å²) in [6.07, 6.45) is 7.13. The number of nitrogens with one attached hydrogen (secondary N) is 2. The van der Waals surface area contributed by atoms with Crippen LogP contribution in [-0.4, -0.2) is 108 Å². The largest absolute Gasteiger partial charge is 0.479 e. The Hall–Kier alpha value is -3.68. The smallest absolute Gasteiger partial charge is 0.239 e. The molecule has 49 heavy (non-hydrogen) atoms. The third kappa shape index (κ3) is 7.29. The number of rotatable bonds is 9. The van der Waals surface area contributed by atoms with Gasteiger partial charge in [0.15, 0.2) is 0 Å². The number of thiophene rings is 1. The third-order valence-electron chi connectivity index (χ3n) is 9.21. The Morgan fingerprint density at radius 2 is 1.73 bits per heavy atom. The average molecular weight is 764 g/mol. The minimum Gasteiger partial charge on any atom is -0.479 e. The van der Waals surface area contributed by atoms with Crippen molar-refractivity contribution in [2.75, 3.05) is 82.3 Å². The fraction of sp³-hybridized carbons (Fsp3) is 0.382. The molecule has 2 saturated heterocycles. The van der Waals surface area contributed by atoms with Gasteiger partial charge in [-0.25, -0.2) is 4.98 Å². The van der Waals surface area contributed by atoms with E-state index < -0.39 is 7.14 Å². The van der Waals surface area contributed by atoms with E-state index in [9.17, 15) is 4.57 Å². The first kappa shape index (κ1) is 33.8. The number of hydrogen-bond acceptors (Lipinski definition) is 13. The molecule has 7 rings (SSSR count). The average Bonchev–Trinajstić information content (AvgIpc) is 3.64. The van der Waals surface area contributed by atoms with Crippen molar-refractivity contribution >= 4 is 79.7 Å². The van der Waals surface area contributed by atoms with Gasteiger partial charge in [0.05, 0.1) is 28.1 Å². The Labute approximate surface area is 298 Å². The molecule has 5 aromatic rings. The Morgan fingerprint density at radius 3 is 2.45 bits per heavy atom. The zero-order valence-electron chi connectivity index (χ0n) is 28.1. The van der Waals surface area contributed by atoms with Gasteiger partial charge in [-0.2, -0.15) is 21.3 Å². The van der Waals surface area contributed by atoms with E-state index in [0.717, 1.165) is 69.1 Å². The van der Waals surface area contributed by atoms with Gasteiger partial charge < -0.3 is 29.7 Å². The van der Waals surface area contributed by atoms with Crippen LogP contribution >= 0.6 is 34.4 Å².